The Morgan fingerprint density at radius 2 is 2.00 bits per heavy atom. The van der Waals surface area contributed by atoms with Crippen LogP contribution in [0.15, 0.2) is 24.3 Å². The molecule has 1 aromatic carbocycles. The van der Waals surface area contributed by atoms with Gasteiger partial charge in [-0.15, -0.1) is 0 Å². The minimum atomic E-state index is -0.520. The maximum Gasteiger partial charge on any atom is 0.312 e. The van der Waals surface area contributed by atoms with Gasteiger partial charge in [-0.2, -0.15) is 0 Å². The van der Waals surface area contributed by atoms with Crippen molar-refractivity contribution in [2.75, 3.05) is 25.9 Å². The second kappa shape index (κ2) is 7.29. The zero-order chi connectivity index (χ0) is 15.2. The third kappa shape index (κ3) is 4.53. The van der Waals surface area contributed by atoms with Gasteiger partial charge in [0.25, 0.3) is 0 Å². The van der Waals surface area contributed by atoms with Gasteiger partial charge in [0.1, 0.15) is 0 Å². The molecule has 0 spiro atoms. The number of nitrogen functional groups attached to an aromatic ring is 1. The maximum absolute atomic E-state index is 11.8. The van der Waals surface area contributed by atoms with Crippen LogP contribution in [0.25, 0.3) is 0 Å². The highest BCUT2D eigenvalue weighted by Gasteiger charge is 2.31. The Labute approximate surface area is 121 Å². The first-order chi connectivity index (χ1) is 9.40. The van der Waals surface area contributed by atoms with Gasteiger partial charge >= 0.3 is 5.97 Å². The van der Waals surface area contributed by atoms with E-state index in [1.165, 1.54) is 7.11 Å². The van der Waals surface area contributed by atoms with E-state index in [1.807, 2.05) is 38.1 Å². The first-order valence-electron chi connectivity index (χ1n) is 7.05. The highest BCUT2D eigenvalue weighted by Crippen LogP contribution is 2.22. The molecule has 0 atom stereocenters. The van der Waals surface area contributed by atoms with Crippen molar-refractivity contribution in [1.29, 1.82) is 0 Å². The lowest BCUT2D eigenvalue weighted by atomic mass is 9.92. The molecular weight excluding hydrogens is 252 g/mol. The van der Waals surface area contributed by atoms with Crippen LogP contribution in [0.1, 0.15) is 32.8 Å². The summed E-state index contributed by atoms with van der Waals surface area (Å²) in [6.45, 7) is 8.29. The van der Waals surface area contributed by atoms with E-state index in [2.05, 4.69) is 11.8 Å². The quantitative estimate of drug-likeness (QED) is 0.615. The highest BCUT2D eigenvalue weighted by atomic mass is 16.5. The second-order valence-corrected chi connectivity index (χ2v) is 5.78. The summed E-state index contributed by atoms with van der Waals surface area (Å²) in [4.78, 5) is 14.1. The number of methoxy groups -OCH3 is 1. The minimum Gasteiger partial charge on any atom is -0.469 e. The summed E-state index contributed by atoms with van der Waals surface area (Å²) in [6, 6.07) is 7.86. The predicted molar refractivity (Wildman–Crippen MR) is 82.2 cm³/mol. The van der Waals surface area contributed by atoms with E-state index < -0.39 is 5.41 Å². The van der Waals surface area contributed by atoms with Gasteiger partial charge in [0, 0.05) is 18.8 Å². The lowest BCUT2D eigenvalue weighted by molar-refractivity contribution is -0.151. The topological polar surface area (TPSA) is 55.6 Å². The van der Waals surface area contributed by atoms with Crippen LogP contribution in [0.5, 0.6) is 0 Å². The Morgan fingerprint density at radius 3 is 2.55 bits per heavy atom. The molecule has 0 heterocycles. The van der Waals surface area contributed by atoms with Gasteiger partial charge in [-0.1, -0.05) is 25.1 Å². The van der Waals surface area contributed by atoms with Crippen LogP contribution in [0, 0.1) is 5.41 Å². The van der Waals surface area contributed by atoms with E-state index in [9.17, 15) is 4.79 Å². The number of esters is 1. The van der Waals surface area contributed by atoms with Gasteiger partial charge in [-0.25, -0.2) is 0 Å². The van der Waals surface area contributed by atoms with Crippen LogP contribution in [-0.4, -0.2) is 31.1 Å². The average molecular weight is 278 g/mol. The van der Waals surface area contributed by atoms with Crippen molar-refractivity contribution in [3.05, 3.63) is 29.8 Å². The molecule has 0 radical (unpaired) electrons. The first kappa shape index (κ1) is 16.5. The molecular formula is C16H26N2O2. The van der Waals surface area contributed by atoms with Gasteiger partial charge in [0.2, 0.25) is 0 Å². The van der Waals surface area contributed by atoms with Crippen LogP contribution in [0.3, 0.4) is 0 Å². The van der Waals surface area contributed by atoms with E-state index in [0.717, 1.165) is 30.8 Å². The monoisotopic (exact) mass is 278 g/mol. The highest BCUT2D eigenvalue weighted by molar-refractivity contribution is 5.76. The number of anilines is 1. The van der Waals surface area contributed by atoms with E-state index in [4.69, 9.17) is 10.5 Å². The Balaban J connectivity index is 2.80. The molecule has 1 rings (SSSR count). The SMILES string of the molecule is CCCN(Cc1ccccc1N)CC(C)(C)C(=O)OC. The summed E-state index contributed by atoms with van der Waals surface area (Å²) in [6.07, 6.45) is 1.03. The summed E-state index contributed by atoms with van der Waals surface area (Å²) in [5.41, 5.74) is 7.37. The van der Waals surface area contributed by atoms with E-state index in [0.29, 0.717) is 6.54 Å². The van der Waals surface area contributed by atoms with Crippen LogP contribution in [-0.2, 0) is 16.1 Å². The molecule has 0 aliphatic rings. The van der Waals surface area contributed by atoms with Crippen LogP contribution in [0.2, 0.25) is 0 Å². The molecule has 1 aromatic rings. The smallest absolute Gasteiger partial charge is 0.312 e. The molecule has 112 valence electrons. The number of hydrogen-bond acceptors (Lipinski definition) is 4. The zero-order valence-corrected chi connectivity index (χ0v) is 13.0. The van der Waals surface area contributed by atoms with Gasteiger partial charge in [0.15, 0.2) is 0 Å². The van der Waals surface area contributed by atoms with Crippen molar-refractivity contribution >= 4 is 11.7 Å². The van der Waals surface area contributed by atoms with Gasteiger partial charge in [0.05, 0.1) is 12.5 Å². The molecule has 0 unspecified atom stereocenters. The second-order valence-electron chi connectivity index (χ2n) is 5.78. The van der Waals surface area contributed by atoms with Crippen molar-refractivity contribution in [3.63, 3.8) is 0 Å². The lowest BCUT2D eigenvalue weighted by Gasteiger charge is -2.30. The molecule has 0 fully saturated rings. The number of rotatable bonds is 7. The molecule has 0 bridgehead atoms. The fourth-order valence-electron chi connectivity index (χ4n) is 2.35. The molecule has 0 saturated heterocycles. The normalized spacial score (nSPS) is 11.7. The number of nitrogens with zero attached hydrogens (tertiary/aromatic N) is 1. The van der Waals surface area contributed by atoms with Gasteiger partial charge < -0.3 is 10.5 Å². The number of carbonyl (C=O) groups is 1. The minimum absolute atomic E-state index is 0.181. The van der Waals surface area contributed by atoms with Crippen LogP contribution >= 0.6 is 0 Å². The number of para-hydroxylation sites is 1. The molecule has 4 nitrogen and oxygen atoms in total. The Bertz CT molecular complexity index is 444. The maximum atomic E-state index is 11.8. The van der Waals surface area contributed by atoms with Crippen LogP contribution < -0.4 is 5.73 Å². The molecule has 20 heavy (non-hydrogen) atoms. The largest absolute Gasteiger partial charge is 0.469 e. The van der Waals surface area contributed by atoms with Gasteiger partial charge in [-0.3, -0.25) is 9.69 Å². The third-order valence-corrected chi connectivity index (χ3v) is 3.35. The van der Waals surface area contributed by atoms with Crippen LogP contribution in [0.4, 0.5) is 5.69 Å². The molecule has 0 saturated carbocycles. The van der Waals surface area contributed by atoms with E-state index in [1.54, 1.807) is 0 Å². The lowest BCUT2D eigenvalue weighted by Crippen LogP contribution is -2.40. The fourth-order valence-corrected chi connectivity index (χ4v) is 2.35. The number of benzene rings is 1. The summed E-state index contributed by atoms with van der Waals surface area (Å²) in [7, 11) is 1.43. The first-order valence-corrected chi connectivity index (χ1v) is 7.05. The summed E-state index contributed by atoms with van der Waals surface area (Å²) in [5, 5.41) is 0. The molecule has 0 aromatic heterocycles. The number of hydrogen-bond donors (Lipinski definition) is 1. The molecule has 2 N–H and O–H groups in total. The molecule has 0 aliphatic carbocycles. The van der Waals surface area contributed by atoms with Crippen molar-refractivity contribution < 1.29 is 9.53 Å². The summed E-state index contributed by atoms with van der Waals surface area (Å²) in [5.74, 6) is -0.181. The van der Waals surface area contributed by atoms with Crippen molar-refractivity contribution in [2.45, 2.75) is 33.7 Å². The van der Waals surface area contributed by atoms with Crippen molar-refractivity contribution in [2.24, 2.45) is 5.41 Å². The Kier molecular flexibility index (Phi) is 6.02. The average Bonchev–Trinajstić information content (AvgIpc) is 2.40. The molecule has 0 amide bonds. The molecule has 0 aliphatic heterocycles. The Hall–Kier alpha value is -1.55. The summed E-state index contributed by atoms with van der Waals surface area (Å²) < 4.78 is 4.88. The number of carbonyl (C=O) groups excluding carboxylic acids is 1. The zero-order valence-electron chi connectivity index (χ0n) is 13.0. The predicted octanol–water partition coefficient (Wildman–Crippen LogP) is 2.68. The van der Waals surface area contributed by atoms with Crippen molar-refractivity contribution in [3.8, 4) is 0 Å². The third-order valence-electron chi connectivity index (χ3n) is 3.35. The fraction of sp³-hybridized carbons (Fsp3) is 0.562. The standard InChI is InChI=1S/C16H26N2O2/c1-5-10-18(12-16(2,3)15(19)20-4)11-13-8-6-7-9-14(13)17/h6-9H,5,10-12,17H2,1-4H3. The van der Waals surface area contributed by atoms with E-state index in [-0.39, 0.29) is 5.97 Å². The van der Waals surface area contributed by atoms with E-state index >= 15 is 0 Å². The number of nitrogens with two attached hydrogens (primary N) is 1. The van der Waals surface area contributed by atoms with Crippen molar-refractivity contribution in [1.82, 2.24) is 4.90 Å². The van der Waals surface area contributed by atoms with Gasteiger partial charge in [-0.05, 0) is 38.4 Å². The molecule has 4 heteroatoms. The Morgan fingerprint density at radius 1 is 1.35 bits per heavy atom. The summed E-state index contributed by atoms with van der Waals surface area (Å²) >= 11 is 0. The number of ether oxygens (including phenoxy) is 1.